The third kappa shape index (κ3) is 4.14. The Morgan fingerprint density at radius 1 is 1.48 bits per heavy atom. The van der Waals surface area contributed by atoms with Crippen LogP contribution in [0, 0.1) is 5.82 Å². The van der Waals surface area contributed by atoms with E-state index in [1.165, 1.54) is 6.07 Å². The van der Waals surface area contributed by atoms with E-state index in [0.717, 1.165) is 24.7 Å². The average molecular weight is 334 g/mol. The zero-order valence-corrected chi connectivity index (χ0v) is 14.1. The highest BCUT2D eigenvalue weighted by Gasteiger charge is 2.27. The summed E-state index contributed by atoms with van der Waals surface area (Å²) in [5, 5.41) is 10.8. The Bertz CT molecular complexity index is 489. The quantitative estimate of drug-likeness (QED) is 0.837. The van der Waals surface area contributed by atoms with E-state index in [1.807, 2.05) is 0 Å². The van der Waals surface area contributed by atoms with Gasteiger partial charge in [0.2, 0.25) is 0 Å². The van der Waals surface area contributed by atoms with E-state index in [-0.39, 0.29) is 24.6 Å². The molecule has 1 aromatic rings. The molecule has 21 heavy (non-hydrogen) atoms. The molecule has 1 unspecified atom stereocenters. The topological polar surface area (TPSA) is 32.7 Å². The van der Waals surface area contributed by atoms with Crippen molar-refractivity contribution in [1.29, 1.82) is 0 Å². The zero-order valence-electron chi connectivity index (χ0n) is 12.2. The van der Waals surface area contributed by atoms with E-state index in [2.05, 4.69) is 14.1 Å². The minimum absolute atomic E-state index is 0.127. The molecule has 0 radical (unpaired) electrons. The number of likely N-dealkylation sites (tertiary alicyclic amines) is 1. The largest absolute Gasteiger partial charge is 0.395 e. The van der Waals surface area contributed by atoms with Gasteiger partial charge >= 0.3 is 0 Å². The molecule has 1 fully saturated rings. The van der Waals surface area contributed by atoms with Gasteiger partial charge in [0.15, 0.2) is 0 Å². The molecule has 0 aliphatic carbocycles. The molecule has 2 rings (SSSR count). The van der Waals surface area contributed by atoms with Crippen molar-refractivity contribution in [3.63, 3.8) is 0 Å². The van der Waals surface area contributed by atoms with Crippen LogP contribution in [0.15, 0.2) is 12.1 Å². The highest BCUT2D eigenvalue weighted by atomic mass is 35.5. The first kappa shape index (κ1) is 17.1. The van der Waals surface area contributed by atoms with Crippen molar-refractivity contribution in [3.05, 3.63) is 28.5 Å². The molecule has 0 bridgehead atoms. The lowest BCUT2D eigenvalue weighted by Crippen LogP contribution is -2.48. The highest BCUT2D eigenvalue weighted by molar-refractivity contribution is 7.28. The van der Waals surface area contributed by atoms with Gasteiger partial charge in [-0.1, -0.05) is 11.6 Å². The van der Waals surface area contributed by atoms with Gasteiger partial charge < -0.3 is 9.84 Å². The molecular formula is C15H22ClFNO2P. The number of aliphatic hydroxyl groups is 1. The van der Waals surface area contributed by atoms with Crippen LogP contribution >= 0.6 is 20.8 Å². The fourth-order valence-corrected chi connectivity index (χ4v) is 3.41. The molecule has 1 aromatic carbocycles. The summed E-state index contributed by atoms with van der Waals surface area (Å²) in [4.78, 5) is 2.18. The van der Waals surface area contributed by atoms with Crippen LogP contribution in [0.25, 0.3) is 0 Å². The summed E-state index contributed by atoms with van der Waals surface area (Å²) < 4.78 is 19.4. The van der Waals surface area contributed by atoms with E-state index in [1.54, 1.807) is 13.2 Å². The maximum absolute atomic E-state index is 13.9. The molecule has 1 heterocycles. The van der Waals surface area contributed by atoms with Crippen LogP contribution in [-0.2, 0) is 11.2 Å². The molecule has 0 aromatic heterocycles. The number of aliphatic hydroxyl groups excluding tert-OH is 1. The van der Waals surface area contributed by atoms with Crippen molar-refractivity contribution >= 4 is 26.1 Å². The maximum atomic E-state index is 13.9. The minimum atomic E-state index is -0.231. The summed E-state index contributed by atoms with van der Waals surface area (Å²) in [5.41, 5.74) is 0.628. The third-order valence-electron chi connectivity index (χ3n) is 4.22. The Balaban J connectivity index is 2.05. The van der Waals surface area contributed by atoms with Crippen molar-refractivity contribution in [3.8, 4) is 0 Å². The molecule has 1 aliphatic rings. The molecule has 0 spiro atoms. The predicted molar refractivity (Wildman–Crippen MR) is 86.9 cm³/mol. The van der Waals surface area contributed by atoms with Crippen LogP contribution in [0.2, 0.25) is 5.02 Å². The Kier molecular flexibility index (Phi) is 6.39. The summed E-state index contributed by atoms with van der Waals surface area (Å²) in [6, 6.07) is 3.11. The van der Waals surface area contributed by atoms with E-state index in [0.29, 0.717) is 23.6 Å². The number of piperidine rings is 1. The first-order valence-electron chi connectivity index (χ1n) is 7.16. The summed E-state index contributed by atoms with van der Waals surface area (Å²) in [6.07, 6.45) is 2.62. The normalized spacial score (nSPS) is 23.5. The lowest BCUT2D eigenvalue weighted by Gasteiger charge is -2.38. The van der Waals surface area contributed by atoms with E-state index < -0.39 is 0 Å². The number of nitrogens with zero attached hydrogens (tertiary/aromatic N) is 1. The van der Waals surface area contributed by atoms with Crippen LogP contribution in [-0.4, -0.2) is 49.0 Å². The van der Waals surface area contributed by atoms with Crippen LogP contribution in [0.5, 0.6) is 0 Å². The van der Waals surface area contributed by atoms with Gasteiger partial charge in [-0.2, -0.15) is 0 Å². The molecule has 1 saturated heterocycles. The molecular weight excluding hydrogens is 312 g/mol. The number of hydrogen-bond donors (Lipinski definition) is 1. The highest BCUT2D eigenvalue weighted by Crippen LogP contribution is 2.21. The van der Waals surface area contributed by atoms with Gasteiger partial charge in [0.05, 0.1) is 12.7 Å². The standard InChI is InChI=1S/C15H22ClFNO2P/c1-20-11-3-2-10(9-19)18(8-11)7-6-12-14(17)5-4-13(16)15(12)21/h4-5,10-11,19H,2-3,6-9,21H2,1H3/t10-,11-/m1/s1. The third-order valence-corrected chi connectivity index (χ3v) is 5.39. The fraction of sp³-hybridized carbons (Fsp3) is 0.600. The number of methoxy groups -OCH3 is 1. The van der Waals surface area contributed by atoms with Gasteiger partial charge in [-0.05, 0) is 42.3 Å². The zero-order chi connectivity index (χ0) is 15.4. The first-order chi connectivity index (χ1) is 10.1. The lowest BCUT2D eigenvalue weighted by molar-refractivity contribution is -0.00877. The van der Waals surface area contributed by atoms with Gasteiger partial charge in [0, 0.05) is 31.3 Å². The van der Waals surface area contributed by atoms with Crippen molar-refractivity contribution in [2.45, 2.75) is 31.4 Å². The van der Waals surface area contributed by atoms with Crippen molar-refractivity contribution in [2.24, 2.45) is 0 Å². The van der Waals surface area contributed by atoms with Crippen molar-refractivity contribution < 1.29 is 14.2 Å². The summed E-state index contributed by atoms with van der Waals surface area (Å²) in [7, 11) is 4.22. The van der Waals surface area contributed by atoms with E-state index >= 15 is 0 Å². The molecule has 1 aliphatic heterocycles. The second-order valence-corrected chi connectivity index (χ2v) is 6.42. The van der Waals surface area contributed by atoms with Gasteiger partial charge in [0.25, 0.3) is 0 Å². The number of rotatable bonds is 5. The van der Waals surface area contributed by atoms with Crippen LogP contribution < -0.4 is 5.30 Å². The molecule has 6 heteroatoms. The van der Waals surface area contributed by atoms with Crippen molar-refractivity contribution in [1.82, 2.24) is 4.90 Å². The van der Waals surface area contributed by atoms with Gasteiger partial charge in [-0.3, -0.25) is 4.90 Å². The van der Waals surface area contributed by atoms with Crippen LogP contribution in [0.1, 0.15) is 18.4 Å². The number of halogens is 2. The summed E-state index contributed by atoms with van der Waals surface area (Å²) in [6.45, 7) is 1.59. The second-order valence-electron chi connectivity index (χ2n) is 5.44. The summed E-state index contributed by atoms with van der Waals surface area (Å²) >= 11 is 6.05. The minimum Gasteiger partial charge on any atom is -0.395 e. The van der Waals surface area contributed by atoms with Gasteiger partial charge in [0.1, 0.15) is 5.82 Å². The van der Waals surface area contributed by atoms with Gasteiger partial charge in [-0.15, -0.1) is 9.24 Å². The Hall–Kier alpha value is -0.250. The lowest BCUT2D eigenvalue weighted by atomic mass is 9.99. The molecule has 3 atom stereocenters. The van der Waals surface area contributed by atoms with Crippen LogP contribution in [0.4, 0.5) is 4.39 Å². The first-order valence-corrected chi connectivity index (χ1v) is 8.12. The number of hydrogen-bond acceptors (Lipinski definition) is 3. The fourth-order valence-electron chi connectivity index (χ4n) is 2.85. The van der Waals surface area contributed by atoms with Crippen molar-refractivity contribution in [2.75, 3.05) is 26.8 Å². The van der Waals surface area contributed by atoms with Crippen LogP contribution in [0.3, 0.4) is 0 Å². The van der Waals surface area contributed by atoms with E-state index in [9.17, 15) is 9.50 Å². The average Bonchev–Trinajstić information content (AvgIpc) is 2.50. The molecule has 0 amide bonds. The molecule has 118 valence electrons. The Morgan fingerprint density at radius 2 is 2.24 bits per heavy atom. The smallest absolute Gasteiger partial charge is 0.127 e. The SMILES string of the molecule is CO[C@@H]1CC[C@H](CO)N(CCc2c(F)ccc(Cl)c2P)C1. The summed E-state index contributed by atoms with van der Waals surface area (Å²) in [5.74, 6) is -0.231. The predicted octanol–water partition coefficient (Wildman–Crippen LogP) is 1.99. The number of benzene rings is 1. The second kappa shape index (κ2) is 7.85. The number of ether oxygens (including phenoxy) is 1. The molecule has 1 N–H and O–H groups in total. The Morgan fingerprint density at radius 3 is 2.90 bits per heavy atom. The maximum Gasteiger partial charge on any atom is 0.127 e. The van der Waals surface area contributed by atoms with Gasteiger partial charge in [-0.25, -0.2) is 4.39 Å². The molecule has 0 saturated carbocycles. The molecule has 3 nitrogen and oxygen atoms in total. The Labute approximate surface area is 132 Å². The monoisotopic (exact) mass is 333 g/mol. The van der Waals surface area contributed by atoms with E-state index in [4.69, 9.17) is 16.3 Å².